The maximum absolute atomic E-state index is 11.9. The van der Waals surface area contributed by atoms with Crippen LogP contribution < -0.4 is 10.6 Å². The Hall–Kier alpha value is -1.55. The second-order valence-electron chi connectivity index (χ2n) is 4.38. The van der Waals surface area contributed by atoms with Gasteiger partial charge in [0.25, 0.3) is 0 Å². The molecule has 0 radical (unpaired) electrons. The second kappa shape index (κ2) is 5.87. The fourth-order valence-corrected chi connectivity index (χ4v) is 2.07. The lowest BCUT2D eigenvalue weighted by Crippen LogP contribution is -2.40. The predicted molar refractivity (Wildman–Crippen MR) is 69.0 cm³/mol. The summed E-state index contributed by atoms with van der Waals surface area (Å²) in [7, 11) is 0. The van der Waals surface area contributed by atoms with Crippen molar-refractivity contribution < 1.29 is 9.59 Å². The topological polar surface area (TPSA) is 58.2 Å². The molecule has 0 spiro atoms. The zero-order chi connectivity index (χ0) is 13.0. The van der Waals surface area contributed by atoms with Crippen LogP contribution in [0.2, 0.25) is 5.02 Å². The number of carbonyl (C=O) groups excluding carboxylic acids is 2. The summed E-state index contributed by atoms with van der Waals surface area (Å²) in [6, 6.07) is 7.32. The van der Waals surface area contributed by atoms with Crippen molar-refractivity contribution in [3.05, 3.63) is 34.9 Å². The molecule has 1 aliphatic rings. The van der Waals surface area contributed by atoms with Gasteiger partial charge in [0.05, 0.1) is 0 Å². The zero-order valence-electron chi connectivity index (χ0n) is 9.91. The normalized spacial score (nSPS) is 19.2. The highest BCUT2D eigenvalue weighted by atomic mass is 35.5. The number of rotatable bonds is 3. The minimum Gasteiger partial charge on any atom is -0.356 e. The largest absolute Gasteiger partial charge is 0.356 e. The Morgan fingerprint density at radius 1 is 1.39 bits per heavy atom. The van der Waals surface area contributed by atoms with E-state index in [9.17, 15) is 9.59 Å². The Kier molecular flexibility index (Phi) is 4.20. The predicted octanol–water partition coefficient (Wildman–Crippen LogP) is 1.48. The molecule has 1 fully saturated rings. The number of nitrogens with one attached hydrogen (secondary N) is 2. The Morgan fingerprint density at radius 2 is 2.11 bits per heavy atom. The molecule has 2 N–H and O–H groups in total. The van der Waals surface area contributed by atoms with Crippen LogP contribution in [0.3, 0.4) is 0 Å². The molecule has 0 aromatic heterocycles. The van der Waals surface area contributed by atoms with E-state index in [4.69, 9.17) is 11.6 Å². The van der Waals surface area contributed by atoms with Gasteiger partial charge in [0.2, 0.25) is 11.8 Å². The number of carbonyl (C=O) groups is 2. The van der Waals surface area contributed by atoms with Crippen LogP contribution in [0.25, 0.3) is 0 Å². The molecule has 1 aromatic carbocycles. The average Bonchev–Trinajstić information content (AvgIpc) is 2.38. The van der Waals surface area contributed by atoms with Crippen molar-refractivity contribution >= 4 is 23.4 Å². The van der Waals surface area contributed by atoms with E-state index in [1.807, 2.05) is 12.1 Å². The van der Waals surface area contributed by atoms with Gasteiger partial charge in [0.1, 0.15) is 0 Å². The second-order valence-corrected chi connectivity index (χ2v) is 4.82. The average molecular weight is 267 g/mol. The molecule has 4 nitrogen and oxygen atoms in total. The Bertz CT molecular complexity index is 445. The van der Waals surface area contributed by atoms with E-state index in [-0.39, 0.29) is 24.2 Å². The van der Waals surface area contributed by atoms with Gasteiger partial charge in [-0.1, -0.05) is 23.7 Å². The van der Waals surface area contributed by atoms with Gasteiger partial charge in [-0.3, -0.25) is 9.59 Å². The molecule has 1 aliphatic heterocycles. The molecule has 1 aromatic rings. The Labute approximate surface area is 111 Å². The van der Waals surface area contributed by atoms with Crippen molar-refractivity contribution in [2.75, 3.05) is 6.54 Å². The highest BCUT2D eigenvalue weighted by molar-refractivity contribution is 6.30. The number of piperidine rings is 1. The van der Waals surface area contributed by atoms with Crippen LogP contribution in [0.1, 0.15) is 18.4 Å². The highest BCUT2D eigenvalue weighted by Gasteiger charge is 2.24. The summed E-state index contributed by atoms with van der Waals surface area (Å²) < 4.78 is 0. The lowest BCUT2D eigenvalue weighted by Gasteiger charge is -2.21. The summed E-state index contributed by atoms with van der Waals surface area (Å²) in [5.41, 5.74) is 0.994. The summed E-state index contributed by atoms with van der Waals surface area (Å²) in [5.74, 6) is -0.307. The fraction of sp³-hybridized carbons (Fsp3) is 0.385. The number of amides is 2. The zero-order valence-corrected chi connectivity index (χ0v) is 10.7. The first-order valence-corrected chi connectivity index (χ1v) is 6.32. The van der Waals surface area contributed by atoms with E-state index in [1.54, 1.807) is 12.1 Å². The van der Waals surface area contributed by atoms with Gasteiger partial charge in [-0.25, -0.2) is 0 Å². The molecule has 5 heteroatoms. The van der Waals surface area contributed by atoms with E-state index in [1.165, 1.54) is 0 Å². The number of halogens is 1. The molecule has 18 heavy (non-hydrogen) atoms. The molecule has 0 bridgehead atoms. The monoisotopic (exact) mass is 266 g/mol. The van der Waals surface area contributed by atoms with E-state index in [0.29, 0.717) is 24.5 Å². The van der Waals surface area contributed by atoms with E-state index < -0.39 is 0 Å². The summed E-state index contributed by atoms with van der Waals surface area (Å²) >= 11 is 5.78. The van der Waals surface area contributed by atoms with Crippen molar-refractivity contribution in [2.45, 2.75) is 19.4 Å². The standard InChI is InChI=1S/C13H15ClN2O2/c14-11-3-1-9(2-4-11)8-16-13(18)10-5-6-15-12(17)7-10/h1-4,10H,5-8H2,(H,15,17)(H,16,18). The number of hydrogen-bond donors (Lipinski definition) is 2. The minimum atomic E-state index is -0.203. The minimum absolute atomic E-state index is 0.0482. The lowest BCUT2D eigenvalue weighted by molar-refractivity contribution is -0.132. The van der Waals surface area contributed by atoms with Crippen LogP contribution in [0.4, 0.5) is 0 Å². The fourth-order valence-electron chi connectivity index (χ4n) is 1.94. The summed E-state index contributed by atoms with van der Waals surface area (Å²) in [4.78, 5) is 23.1. The molecule has 2 amide bonds. The molecular weight excluding hydrogens is 252 g/mol. The van der Waals surface area contributed by atoms with Crippen LogP contribution >= 0.6 is 11.6 Å². The smallest absolute Gasteiger partial charge is 0.223 e. The van der Waals surface area contributed by atoms with Crippen LogP contribution in [0, 0.1) is 5.92 Å². The van der Waals surface area contributed by atoms with E-state index in [0.717, 1.165) is 5.56 Å². The number of hydrogen-bond acceptors (Lipinski definition) is 2. The van der Waals surface area contributed by atoms with Gasteiger partial charge in [0, 0.05) is 30.5 Å². The summed E-state index contributed by atoms with van der Waals surface area (Å²) in [5, 5.41) is 6.23. The molecule has 1 saturated heterocycles. The summed E-state index contributed by atoms with van der Waals surface area (Å²) in [6.07, 6.45) is 0.991. The third-order valence-corrected chi connectivity index (χ3v) is 3.25. The maximum atomic E-state index is 11.9. The molecule has 96 valence electrons. The first kappa shape index (κ1) is 12.9. The van der Waals surface area contributed by atoms with Crippen LogP contribution in [-0.2, 0) is 16.1 Å². The Morgan fingerprint density at radius 3 is 2.78 bits per heavy atom. The molecule has 0 saturated carbocycles. The first-order chi connectivity index (χ1) is 8.65. The molecule has 1 atom stereocenters. The molecule has 1 heterocycles. The SMILES string of the molecule is O=C1CC(C(=O)NCc2ccc(Cl)cc2)CCN1. The van der Waals surface area contributed by atoms with E-state index in [2.05, 4.69) is 10.6 Å². The van der Waals surface area contributed by atoms with Gasteiger partial charge in [-0.2, -0.15) is 0 Å². The van der Waals surface area contributed by atoms with Crippen molar-refractivity contribution in [3.8, 4) is 0 Å². The van der Waals surface area contributed by atoms with Crippen LogP contribution in [0.5, 0.6) is 0 Å². The maximum Gasteiger partial charge on any atom is 0.223 e. The first-order valence-electron chi connectivity index (χ1n) is 5.94. The third kappa shape index (κ3) is 3.47. The molecular formula is C13H15ClN2O2. The van der Waals surface area contributed by atoms with Crippen LogP contribution in [0.15, 0.2) is 24.3 Å². The molecule has 0 aliphatic carbocycles. The quantitative estimate of drug-likeness (QED) is 0.871. The number of benzene rings is 1. The molecule has 1 unspecified atom stereocenters. The van der Waals surface area contributed by atoms with Crippen molar-refractivity contribution in [1.29, 1.82) is 0 Å². The van der Waals surface area contributed by atoms with Gasteiger partial charge in [0.15, 0.2) is 0 Å². The molecule has 2 rings (SSSR count). The summed E-state index contributed by atoms with van der Waals surface area (Å²) in [6.45, 7) is 1.05. The van der Waals surface area contributed by atoms with Crippen LogP contribution in [-0.4, -0.2) is 18.4 Å². The van der Waals surface area contributed by atoms with Crippen molar-refractivity contribution in [2.24, 2.45) is 5.92 Å². The third-order valence-electron chi connectivity index (χ3n) is 3.00. The van der Waals surface area contributed by atoms with Gasteiger partial charge >= 0.3 is 0 Å². The van der Waals surface area contributed by atoms with Gasteiger partial charge < -0.3 is 10.6 Å². The van der Waals surface area contributed by atoms with Crippen molar-refractivity contribution in [3.63, 3.8) is 0 Å². The Balaban J connectivity index is 1.84. The lowest BCUT2D eigenvalue weighted by atomic mass is 9.96. The van der Waals surface area contributed by atoms with E-state index >= 15 is 0 Å². The van der Waals surface area contributed by atoms with Gasteiger partial charge in [-0.05, 0) is 24.1 Å². The van der Waals surface area contributed by atoms with Crippen molar-refractivity contribution in [1.82, 2.24) is 10.6 Å². The van der Waals surface area contributed by atoms with Gasteiger partial charge in [-0.15, -0.1) is 0 Å². The highest BCUT2D eigenvalue weighted by Crippen LogP contribution is 2.13.